The number of rotatable bonds is 4. The summed E-state index contributed by atoms with van der Waals surface area (Å²) < 4.78 is 12.9. The Kier molecular flexibility index (Phi) is 4.50. The molecule has 0 radical (unpaired) electrons. The van der Waals surface area contributed by atoms with E-state index in [0.29, 0.717) is 12.5 Å². The van der Waals surface area contributed by atoms with E-state index in [-0.39, 0.29) is 17.9 Å². The van der Waals surface area contributed by atoms with Crippen LogP contribution in [0.4, 0.5) is 9.18 Å². The molecule has 0 bridgehead atoms. The van der Waals surface area contributed by atoms with Crippen LogP contribution in [0.1, 0.15) is 30.0 Å². The molecule has 23 heavy (non-hydrogen) atoms. The fourth-order valence-electron chi connectivity index (χ4n) is 2.75. The molecular formula is C17H19FN4O. The lowest BCUT2D eigenvalue weighted by Crippen LogP contribution is -2.48. The van der Waals surface area contributed by atoms with E-state index in [1.165, 1.54) is 12.1 Å². The lowest BCUT2D eigenvalue weighted by atomic mass is 9.76. The summed E-state index contributed by atoms with van der Waals surface area (Å²) in [7, 11) is 1.74. The molecule has 1 heterocycles. The first-order valence-corrected chi connectivity index (χ1v) is 7.64. The van der Waals surface area contributed by atoms with Gasteiger partial charge in [-0.2, -0.15) is 0 Å². The molecule has 0 saturated heterocycles. The Labute approximate surface area is 134 Å². The lowest BCUT2D eigenvalue weighted by molar-refractivity contribution is 0.190. The van der Waals surface area contributed by atoms with E-state index in [9.17, 15) is 9.18 Å². The number of carbonyl (C=O) groups is 1. The molecule has 1 aromatic heterocycles. The zero-order valence-electron chi connectivity index (χ0n) is 12.9. The Bertz CT molecular complexity index is 656. The van der Waals surface area contributed by atoms with Crippen molar-refractivity contribution in [1.82, 2.24) is 20.2 Å². The predicted octanol–water partition coefficient (Wildman–Crippen LogP) is 2.70. The maximum Gasteiger partial charge on any atom is 0.317 e. The van der Waals surface area contributed by atoms with Gasteiger partial charge in [0.15, 0.2) is 0 Å². The van der Waals surface area contributed by atoms with Gasteiger partial charge in [0, 0.05) is 25.5 Å². The van der Waals surface area contributed by atoms with Crippen LogP contribution in [0.5, 0.6) is 0 Å². The lowest BCUT2D eigenvalue weighted by Gasteiger charge is -2.37. The zero-order chi connectivity index (χ0) is 16.2. The van der Waals surface area contributed by atoms with Gasteiger partial charge >= 0.3 is 6.03 Å². The van der Waals surface area contributed by atoms with Crippen molar-refractivity contribution in [3.63, 3.8) is 0 Å². The number of aromatic nitrogens is 2. The second kappa shape index (κ2) is 6.73. The van der Waals surface area contributed by atoms with Crippen molar-refractivity contribution in [3.8, 4) is 0 Å². The summed E-state index contributed by atoms with van der Waals surface area (Å²) in [5, 5.41) is 3.01. The summed E-state index contributed by atoms with van der Waals surface area (Å²) in [6.07, 6.45) is 6.64. The molecular weight excluding hydrogens is 295 g/mol. The van der Waals surface area contributed by atoms with Gasteiger partial charge in [-0.3, -0.25) is 9.97 Å². The third-order valence-corrected chi connectivity index (χ3v) is 4.17. The maximum atomic E-state index is 12.9. The number of hydrogen-bond acceptors (Lipinski definition) is 3. The maximum absolute atomic E-state index is 12.9. The predicted molar refractivity (Wildman–Crippen MR) is 84.2 cm³/mol. The van der Waals surface area contributed by atoms with E-state index in [1.807, 2.05) is 12.1 Å². The zero-order valence-corrected chi connectivity index (χ0v) is 12.9. The number of nitrogens with one attached hydrogen (secondary N) is 1. The molecule has 1 aromatic carbocycles. The molecule has 6 heteroatoms. The standard InChI is InChI=1S/C17H19FN4O/c1-22(11-16-10-19-6-7-20-16)17(23)21-15-8-13(9-15)12-2-4-14(18)5-3-12/h2-7,10,13,15H,8-9,11H2,1H3,(H,21,23). The third-order valence-electron chi connectivity index (χ3n) is 4.17. The van der Waals surface area contributed by atoms with Gasteiger partial charge in [0.05, 0.1) is 18.4 Å². The van der Waals surface area contributed by atoms with Crippen LogP contribution in [-0.4, -0.2) is 34.0 Å². The van der Waals surface area contributed by atoms with Gasteiger partial charge < -0.3 is 10.2 Å². The number of nitrogens with zero attached hydrogens (tertiary/aromatic N) is 3. The molecule has 1 N–H and O–H groups in total. The molecule has 1 saturated carbocycles. The fourth-order valence-corrected chi connectivity index (χ4v) is 2.75. The minimum atomic E-state index is -0.219. The van der Waals surface area contributed by atoms with Crippen LogP contribution >= 0.6 is 0 Å². The van der Waals surface area contributed by atoms with E-state index in [1.54, 1.807) is 30.5 Å². The number of urea groups is 1. The third kappa shape index (κ3) is 3.83. The van der Waals surface area contributed by atoms with Crippen LogP contribution in [0, 0.1) is 5.82 Å². The Hall–Kier alpha value is -2.50. The van der Waals surface area contributed by atoms with Crippen molar-refractivity contribution in [1.29, 1.82) is 0 Å². The minimum Gasteiger partial charge on any atom is -0.335 e. The van der Waals surface area contributed by atoms with Crippen LogP contribution in [0.15, 0.2) is 42.9 Å². The molecule has 1 fully saturated rings. The molecule has 1 aliphatic rings. The summed E-state index contributed by atoms with van der Waals surface area (Å²) in [6, 6.07) is 6.66. The number of hydrogen-bond donors (Lipinski definition) is 1. The highest BCUT2D eigenvalue weighted by Crippen LogP contribution is 2.36. The molecule has 0 aliphatic heterocycles. The van der Waals surface area contributed by atoms with E-state index in [4.69, 9.17) is 0 Å². The van der Waals surface area contributed by atoms with Gasteiger partial charge in [-0.1, -0.05) is 12.1 Å². The Morgan fingerprint density at radius 1 is 1.30 bits per heavy atom. The first-order valence-electron chi connectivity index (χ1n) is 7.64. The number of benzene rings is 1. The van der Waals surface area contributed by atoms with E-state index in [0.717, 1.165) is 24.1 Å². The van der Waals surface area contributed by atoms with Gasteiger partial charge in [0.1, 0.15) is 5.82 Å². The monoisotopic (exact) mass is 314 g/mol. The topological polar surface area (TPSA) is 58.1 Å². The minimum absolute atomic E-state index is 0.113. The van der Waals surface area contributed by atoms with Gasteiger partial charge in [0.25, 0.3) is 0 Å². The van der Waals surface area contributed by atoms with Crippen molar-refractivity contribution in [3.05, 3.63) is 59.9 Å². The molecule has 1 aliphatic carbocycles. The number of halogens is 1. The van der Waals surface area contributed by atoms with E-state index in [2.05, 4.69) is 15.3 Å². The highest BCUT2D eigenvalue weighted by molar-refractivity contribution is 5.74. The Balaban J connectivity index is 1.45. The molecule has 0 atom stereocenters. The quantitative estimate of drug-likeness (QED) is 0.944. The number of amides is 2. The molecule has 2 amide bonds. The van der Waals surface area contributed by atoms with Gasteiger partial charge in [-0.05, 0) is 36.5 Å². The van der Waals surface area contributed by atoms with Crippen molar-refractivity contribution in [2.45, 2.75) is 31.3 Å². The highest BCUT2D eigenvalue weighted by atomic mass is 19.1. The average Bonchev–Trinajstić information content (AvgIpc) is 2.52. The summed E-state index contributed by atoms with van der Waals surface area (Å²) >= 11 is 0. The van der Waals surface area contributed by atoms with Crippen LogP contribution < -0.4 is 5.32 Å². The van der Waals surface area contributed by atoms with Crippen molar-refractivity contribution < 1.29 is 9.18 Å². The first-order chi connectivity index (χ1) is 11.1. The van der Waals surface area contributed by atoms with Crippen molar-refractivity contribution in [2.75, 3.05) is 7.05 Å². The van der Waals surface area contributed by atoms with Crippen LogP contribution in [0.25, 0.3) is 0 Å². The first kappa shape index (κ1) is 15.4. The smallest absolute Gasteiger partial charge is 0.317 e. The molecule has 0 spiro atoms. The van der Waals surface area contributed by atoms with E-state index < -0.39 is 0 Å². The largest absolute Gasteiger partial charge is 0.335 e. The molecule has 0 unspecified atom stereocenters. The normalized spacial score (nSPS) is 19.7. The van der Waals surface area contributed by atoms with Gasteiger partial charge in [0.2, 0.25) is 0 Å². The molecule has 2 aromatic rings. The summed E-state index contributed by atoms with van der Waals surface area (Å²) in [4.78, 5) is 21.9. The Morgan fingerprint density at radius 2 is 2.04 bits per heavy atom. The highest BCUT2D eigenvalue weighted by Gasteiger charge is 2.31. The van der Waals surface area contributed by atoms with Gasteiger partial charge in [-0.15, -0.1) is 0 Å². The molecule has 120 valence electrons. The average molecular weight is 314 g/mol. The van der Waals surface area contributed by atoms with Crippen LogP contribution in [-0.2, 0) is 6.54 Å². The fraction of sp³-hybridized carbons (Fsp3) is 0.353. The van der Waals surface area contributed by atoms with Crippen LogP contribution in [0.3, 0.4) is 0 Å². The summed E-state index contributed by atoms with van der Waals surface area (Å²) in [6.45, 7) is 0.424. The number of carbonyl (C=O) groups excluding carboxylic acids is 1. The molecule has 5 nitrogen and oxygen atoms in total. The van der Waals surface area contributed by atoms with Crippen molar-refractivity contribution >= 4 is 6.03 Å². The van der Waals surface area contributed by atoms with E-state index >= 15 is 0 Å². The summed E-state index contributed by atoms with van der Waals surface area (Å²) in [5.41, 5.74) is 1.88. The van der Waals surface area contributed by atoms with Gasteiger partial charge in [-0.25, -0.2) is 9.18 Å². The second-order valence-electron chi connectivity index (χ2n) is 5.92. The van der Waals surface area contributed by atoms with Crippen LogP contribution in [0.2, 0.25) is 0 Å². The Morgan fingerprint density at radius 3 is 2.70 bits per heavy atom. The molecule has 3 rings (SSSR count). The summed E-state index contributed by atoms with van der Waals surface area (Å²) in [5.74, 6) is 0.176. The SMILES string of the molecule is CN(Cc1cnccn1)C(=O)NC1CC(c2ccc(F)cc2)C1. The second-order valence-corrected chi connectivity index (χ2v) is 5.92. The van der Waals surface area contributed by atoms with Crippen molar-refractivity contribution in [2.24, 2.45) is 0 Å².